The predicted molar refractivity (Wildman–Crippen MR) is 49.7 cm³/mol. The van der Waals surface area contributed by atoms with Gasteiger partial charge in [-0.3, -0.25) is 0 Å². The Morgan fingerprint density at radius 3 is 2.57 bits per heavy atom. The lowest BCUT2D eigenvalue weighted by molar-refractivity contribution is 0.0398. The Morgan fingerprint density at radius 1 is 1.57 bits per heavy atom. The lowest BCUT2D eigenvalue weighted by Gasteiger charge is -2.14. The summed E-state index contributed by atoms with van der Waals surface area (Å²) in [5.74, 6) is 2.22. The van der Waals surface area contributed by atoms with E-state index in [-0.39, 0.29) is 6.61 Å². The molecule has 1 atom stereocenters. The molecule has 0 aromatic rings. The third-order valence-corrected chi connectivity index (χ3v) is 1.84. The second-order valence-electron chi connectivity index (χ2n) is 2.74. The van der Waals surface area contributed by atoms with Crippen LogP contribution in [0.5, 0.6) is 0 Å². The molecule has 0 aliphatic carbocycles. The molecular weight excluding hydrogens is 207 g/mol. The second kappa shape index (κ2) is 5.58. The molecule has 78 valence electrons. The van der Waals surface area contributed by atoms with Crippen LogP contribution in [-0.2, 0) is 18.3 Å². The summed E-state index contributed by atoms with van der Waals surface area (Å²) in [7, 11) is -2.47. The summed E-state index contributed by atoms with van der Waals surface area (Å²) < 4.78 is 24.2. The molecule has 0 amide bonds. The van der Waals surface area contributed by atoms with Crippen LogP contribution in [-0.4, -0.2) is 18.4 Å². The normalized spacial score (nSPS) is 11.4. The summed E-state index contributed by atoms with van der Waals surface area (Å²) in [4.78, 5) is 10.9. The van der Waals surface area contributed by atoms with Gasteiger partial charge in [-0.05, 0) is 20.8 Å². The van der Waals surface area contributed by atoms with E-state index in [1.165, 1.54) is 13.8 Å². The van der Waals surface area contributed by atoms with Gasteiger partial charge in [-0.15, -0.1) is 15.5 Å². The zero-order valence-corrected chi connectivity index (χ0v) is 9.17. The SMILES string of the molecule is C#CC(C)(C)OC(=O)O[P+](=O)OCC. The molecule has 0 aromatic carbocycles. The molecule has 6 heteroatoms. The molecule has 0 aromatic heterocycles. The number of hydrogen-bond acceptors (Lipinski definition) is 5. The number of rotatable bonds is 4. The largest absolute Gasteiger partial charge is 0.756 e. The Kier molecular flexibility index (Phi) is 5.14. The number of carbonyl (C=O) groups excluding carboxylic acids is 1. The highest BCUT2D eigenvalue weighted by molar-refractivity contribution is 7.34. The summed E-state index contributed by atoms with van der Waals surface area (Å²) in [5.41, 5.74) is -1.08. The number of ether oxygens (including phenoxy) is 1. The van der Waals surface area contributed by atoms with E-state index in [0.717, 1.165) is 0 Å². The molecule has 0 N–H and O–H groups in total. The predicted octanol–water partition coefficient (Wildman–Crippen LogP) is 2.25. The van der Waals surface area contributed by atoms with Crippen LogP contribution >= 0.6 is 8.25 Å². The van der Waals surface area contributed by atoms with Crippen molar-refractivity contribution in [1.82, 2.24) is 0 Å². The molecule has 14 heavy (non-hydrogen) atoms. The van der Waals surface area contributed by atoms with Crippen molar-refractivity contribution in [3.63, 3.8) is 0 Å². The minimum absolute atomic E-state index is 0.182. The first-order chi connectivity index (χ1) is 6.41. The molecule has 0 spiro atoms. The fourth-order valence-electron chi connectivity index (χ4n) is 0.449. The fourth-order valence-corrected chi connectivity index (χ4v) is 0.872. The minimum atomic E-state index is -2.47. The van der Waals surface area contributed by atoms with Gasteiger partial charge < -0.3 is 4.74 Å². The first kappa shape index (κ1) is 12.9. The molecule has 0 heterocycles. The van der Waals surface area contributed by atoms with E-state index in [1.807, 2.05) is 0 Å². The van der Waals surface area contributed by atoms with Crippen molar-refractivity contribution in [2.75, 3.05) is 6.61 Å². The highest BCUT2D eigenvalue weighted by Crippen LogP contribution is 2.25. The van der Waals surface area contributed by atoms with E-state index in [4.69, 9.17) is 6.42 Å². The molecular formula is C8H12O5P+. The van der Waals surface area contributed by atoms with Crippen molar-refractivity contribution in [3.8, 4) is 12.3 Å². The highest BCUT2D eigenvalue weighted by atomic mass is 31.1. The minimum Gasteiger partial charge on any atom is -0.412 e. The average Bonchev–Trinajstić information content (AvgIpc) is 2.03. The van der Waals surface area contributed by atoms with Gasteiger partial charge in [0.25, 0.3) is 0 Å². The molecule has 0 saturated carbocycles. The van der Waals surface area contributed by atoms with E-state index in [2.05, 4.69) is 19.7 Å². The van der Waals surface area contributed by atoms with Gasteiger partial charge in [-0.25, -0.2) is 0 Å². The third-order valence-electron chi connectivity index (χ3n) is 1.07. The summed E-state index contributed by atoms with van der Waals surface area (Å²) >= 11 is 0. The van der Waals surface area contributed by atoms with Crippen molar-refractivity contribution < 1.29 is 23.1 Å². The summed E-state index contributed by atoms with van der Waals surface area (Å²) in [6.45, 7) is 4.80. The number of carbonyl (C=O) groups is 1. The Hall–Kier alpha value is -1.11. The average molecular weight is 219 g/mol. The Morgan fingerprint density at radius 2 is 2.14 bits per heavy atom. The molecule has 0 saturated heterocycles. The quantitative estimate of drug-likeness (QED) is 0.412. The standard InChI is InChI=1S/C8H12O5P/c1-5-8(3,4)12-7(9)13-14(10)11-6-2/h1H,6H2,2-4H3/q+1. The Balaban J connectivity index is 4.01. The lowest BCUT2D eigenvalue weighted by atomic mass is 10.2. The molecule has 0 radical (unpaired) electrons. The van der Waals surface area contributed by atoms with Crippen molar-refractivity contribution in [3.05, 3.63) is 0 Å². The monoisotopic (exact) mass is 219 g/mol. The van der Waals surface area contributed by atoms with Crippen LogP contribution in [0, 0.1) is 12.3 Å². The smallest absolute Gasteiger partial charge is 0.412 e. The number of terminal acetylenes is 1. The van der Waals surface area contributed by atoms with Crippen LogP contribution in [0.1, 0.15) is 20.8 Å². The zero-order valence-electron chi connectivity index (χ0n) is 8.27. The van der Waals surface area contributed by atoms with E-state index < -0.39 is 20.0 Å². The topological polar surface area (TPSA) is 61.8 Å². The van der Waals surface area contributed by atoms with Crippen molar-refractivity contribution in [1.29, 1.82) is 0 Å². The lowest BCUT2D eigenvalue weighted by Crippen LogP contribution is -2.25. The van der Waals surface area contributed by atoms with E-state index in [1.54, 1.807) is 6.92 Å². The summed E-state index contributed by atoms with van der Waals surface area (Å²) in [6.07, 6.45) is 3.95. The summed E-state index contributed by atoms with van der Waals surface area (Å²) in [6, 6.07) is 0. The van der Waals surface area contributed by atoms with Crippen LogP contribution in [0.4, 0.5) is 4.79 Å². The van der Waals surface area contributed by atoms with Gasteiger partial charge in [0.1, 0.15) is 6.61 Å². The zero-order chi connectivity index (χ0) is 11.2. The first-order valence-corrected chi connectivity index (χ1v) is 4.99. The van der Waals surface area contributed by atoms with E-state index in [9.17, 15) is 9.36 Å². The van der Waals surface area contributed by atoms with Crippen molar-refractivity contribution in [2.24, 2.45) is 0 Å². The first-order valence-electron chi connectivity index (χ1n) is 3.90. The molecule has 0 rings (SSSR count). The Labute approximate surface area is 83.7 Å². The number of hydrogen-bond donors (Lipinski definition) is 0. The summed E-state index contributed by atoms with van der Waals surface area (Å²) in [5, 5.41) is 0. The van der Waals surface area contributed by atoms with Crippen molar-refractivity contribution in [2.45, 2.75) is 26.4 Å². The second-order valence-corrected chi connectivity index (χ2v) is 3.63. The van der Waals surface area contributed by atoms with Crippen LogP contribution in [0.15, 0.2) is 0 Å². The molecule has 0 bridgehead atoms. The molecule has 0 aliphatic heterocycles. The van der Waals surface area contributed by atoms with Crippen LogP contribution in [0.2, 0.25) is 0 Å². The maximum Gasteiger partial charge on any atom is 0.756 e. The molecule has 0 fully saturated rings. The van der Waals surface area contributed by atoms with Crippen molar-refractivity contribution >= 4 is 14.4 Å². The third kappa shape index (κ3) is 5.52. The van der Waals surface area contributed by atoms with Gasteiger partial charge in [-0.2, -0.15) is 4.79 Å². The van der Waals surface area contributed by atoms with E-state index in [0.29, 0.717) is 0 Å². The van der Waals surface area contributed by atoms with Crippen LogP contribution in [0.25, 0.3) is 0 Å². The van der Waals surface area contributed by atoms with Gasteiger partial charge in [0.05, 0.1) is 0 Å². The van der Waals surface area contributed by atoms with Gasteiger partial charge in [0.2, 0.25) is 0 Å². The Bertz CT molecular complexity index is 265. The van der Waals surface area contributed by atoms with E-state index >= 15 is 0 Å². The highest BCUT2D eigenvalue weighted by Gasteiger charge is 2.31. The fraction of sp³-hybridized carbons (Fsp3) is 0.625. The van der Waals surface area contributed by atoms with Gasteiger partial charge in [0.15, 0.2) is 5.60 Å². The molecule has 5 nitrogen and oxygen atoms in total. The molecule has 0 aliphatic rings. The van der Waals surface area contributed by atoms with Gasteiger partial charge in [0, 0.05) is 4.57 Å². The maximum atomic E-state index is 10.9. The maximum absolute atomic E-state index is 10.9. The van der Waals surface area contributed by atoms with Gasteiger partial charge in [-0.1, -0.05) is 5.92 Å². The molecule has 1 unspecified atom stereocenters. The van der Waals surface area contributed by atoms with Gasteiger partial charge >= 0.3 is 14.4 Å². The van der Waals surface area contributed by atoms with Crippen LogP contribution < -0.4 is 0 Å². The van der Waals surface area contributed by atoms with Crippen LogP contribution in [0.3, 0.4) is 0 Å².